The second-order valence-electron chi connectivity index (χ2n) is 7.49. The predicted octanol–water partition coefficient (Wildman–Crippen LogP) is 2.64. The minimum atomic E-state index is -4.20. The molecule has 0 saturated carbocycles. The smallest absolute Gasteiger partial charge is 0.748 e. The molecule has 0 amide bonds. The van der Waals surface area contributed by atoms with Crippen molar-refractivity contribution in [3.8, 4) is 5.75 Å². The molecule has 1 rings (SSSR count). The van der Waals surface area contributed by atoms with Gasteiger partial charge in [0.05, 0.1) is 16.2 Å². The minimum Gasteiger partial charge on any atom is -0.748 e. The van der Waals surface area contributed by atoms with Crippen LogP contribution in [0.25, 0.3) is 0 Å². The molecule has 6 heteroatoms. The maximum Gasteiger partial charge on any atom is 1.00 e. The molecule has 0 saturated heterocycles. The molecule has 1 unspecified atom stereocenters. The molecule has 28 heavy (non-hydrogen) atoms. The fraction of sp³-hybridized carbons (Fsp3) is 0.727. The number of benzene rings is 1. The summed E-state index contributed by atoms with van der Waals surface area (Å²) in [6, 6.07) is 6.20. The van der Waals surface area contributed by atoms with Crippen LogP contribution in [-0.2, 0) is 23.0 Å². The van der Waals surface area contributed by atoms with E-state index in [-0.39, 0.29) is 47.8 Å². The van der Waals surface area contributed by atoms with Crippen LogP contribution in [0.15, 0.2) is 18.2 Å². The van der Waals surface area contributed by atoms with E-state index in [1.165, 1.54) is 56.1 Å². The summed E-state index contributed by atoms with van der Waals surface area (Å²) in [6.45, 7) is 6.26. The van der Waals surface area contributed by atoms with Gasteiger partial charge in [0.2, 0.25) is 0 Å². The standard InChI is InChI=1S/C22H38O4S.Na/c1-4-6-8-10-13-20-14-12-16-22(21(20)15-11-9-7-5-2)26-19(3)17-18-27(23,24)25;/h12,14,16,19H,4-11,13,15,17-18H2,1-3H3,(H,23,24,25);/q;+1/p-1. The fourth-order valence-electron chi connectivity index (χ4n) is 3.30. The summed E-state index contributed by atoms with van der Waals surface area (Å²) in [7, 11) is -4.20. The SMILES string of the molecule is CCCCCCc1cccc(OC(C)CCS(=O)(=O)[O-])c1CCCCCC.[Na+]. The van der Waals surface area contributed by atoms with Crippen molar-refractivity contribution in [2.75, 3.05) is 5.75 Å². The summed E-state index contributed by atoms with van der Waals surface area (Å²) >= 11 is 0. The van der Waals surface area contributed by atoms with E-state index in [9.17, 15) is 13.0 Å². The minimum absolute atomic E-state index is 0. The monoisotopic (exact) mass is 420 g/mol. The maximum absolute atomic E-state index is 10.9. The van der Waals surface area contributed by atoms with Crippen molar-refractivity contribution in [1.82, 2.24) is 0 Å². The Kier molecular flexibility index (Phi) is 15.7. The number of hydrogen-bond acceptors (Lipinski definition) is 4. The zero-order valence-corrected chi connectivity index (χ0v) is 21.2. The van der Waals surface area contributed by atoms with Crippen LogP contribution in [-0.4, -0.2) is 24.8 Å². The molecule has 0 radical (unpaired) electrons. The molecule has 0 spiro atoms. The normalized spacial score (nSPS) is 12.4. The van der Waals surface area contributed by atoms with Gasteiger partial charge in [-0.25, -0.2) is 8.42 Å². The molecule has 0 aromatic heterocycles. The first-order chi connectivity index (χ1) is 12.9. The molecule has 0 aliphatic heterocycles. The van der Waals surface area contributed by atoms with E-state index in [1.807, 2.05) is 19.1 Å². The molecule has 0 aliphatic rings. The van der Waals surface area contributed by atoms with Crippen LogP contribution >= 0.6 is 0 Å². The molecule has 0 heterocycles. The van der Waals surface area contributed by atoms with Gasteiger partial charge in [0.15, 0.2) is 0 Å². The van der Waals surface area contributed by atoms with Crippen LogP contribution in [0.5, 0.6) is 5.75 Å². The van der Waals surface area contributed by atoms with Gasteiger partial charge in [-0.15, -0.1) is 0 Å². The van der Waals surface area contributed by atoms with Crippen LogP contribution in [0, 0.1) is 0 Å². The predicted molar refractivity (Wildman–Crippen MR) is 111 cm³/mol. The van der Waals surface area contributed by atoms with E-state index >= 15 is 0 Å². The molecule has 156 valence electrons. The Balaban J connectivity index is 0.00000729. The zero-order chi connectivity index (χ0) is 20.1. The third-order valence-electron chi connectivity index (χ3n) is 4.91. The second-order valence-corrected chi connectivity index (χ2v) is 9.02. The van der Waals surface area contributed by atoms with Crippen molar-refractivity contribution in [3.63, 3.8) is 0 Å². The first kappa shape index (κ1) is 27.9. The third-order valence-corrected chi connectivity index (χ3v) is 5.65. The Morgan fingerprint density at radius 1 is 0.964 bits per heavy atom. The molecule has 1 aromatic rings. The first-order valence-electron chi connectivity index (χ1n) is 10.6. The van der Waals surface area contributed by atoms with Gasteiger partial charge in [0.25, 0.3) is 0 Å². The molecular weight excluding hydrogens is 383 g/mol. The van der Waals surface area contributed by atoms with Crippen LogP contribution in [0.1, 0.15) is 89.7 Å². The van der Waals surface area contributed by atoms with Gasteiger partial charge in [-0.2, -0.15) is 0 Å². The average molecular weight is 421 g/mol. The quantitative estimate of drug-likeness (QED) is 0.249. The molecular formula is C22H37NaO4S. The number of aryl methyl sites for hydroxylation is 1. The Bertz CT molecular complexity index is 631. The number of unbranched alkanes of at least 4 members (excludes halogenated alkanes) is 6. The van der Waals surface area contributed by atoms with Gasteiger partial charge in [0.1, 0.15) is 5.75 Å². The molecule has 0 fully saturated rings. The number of hydrogen-bond donors (Lipinski definition) is 0. The summed E-state index contributed by atoms with van der Waals surface area (Å²) < 4.78 is 38.7. The molecule has 1 atom stereocenters. The largest absolute Gasteiger partial charge is 1.00 e. The molecule has 0 N–H and O–H groups in total. The maximum atomic E-state index is 10.9. The Morgan fingerprint density at radius 3 is 2.14 bits per heavy atom. The van der Waals surface area contributed by atoms with Gasteiger partial charge >= 0.3 is 29.6 Å². The van der Waals surface area contributed by atoms with Gasteiger partial charge < -0.3 is 9.29 Å². The average Bonchev–Trinajstić information content (AvgIpc) is 2.61. The van der Waals surface area contributed by atoms with E-state index in [4.69, 9.17) is 4.74 Å². The van der Waals surface area contributed by atoms with Gasteiger partial charge in [0, 0.05) is 5.75 Å². The van der Waals surface area contributed by atoms with Crippen molar-refractivity contribution in [3.05, 3.63) is 29.3 Å². The van der Waals surface area contributed by atoms with Gasteiger partial charge in [-0.1, -0.05) is 64.5 Å². The summed E-state index contributed by atoms with van der Waals surface area (Å²) in [6.07, 6.45) is 11.7. The summed E-state index contributed by atoms with van der Waals surface area (Å²) in [4.78, 5) is 0. The van der Waals surface area contributed by atoms with Crippen molar-refractivity contribution in [1.29, 1.82) is 0 Å². The second kappa shape index (κ2) is 15.7. The Hall–Kier alpha value is -0.0700. The Morgan fingerprint density at radius 2 is 1.57 bits per heavy atom. The van der Waals surface area contributed by atoms with Crippen LogP contribution in [0.3, 0.4) is 0 Å². The van der Waals surface area contributed by atoms with Crippen molar-refractivity contribution in [2.24, 2.45) is 0 Å². The number of rotatable bonds is 15. The van der Waals surface area contributed by atoms with Crippen LogP contribution in [0.2, 0.25) is 0 Å². The third kappa shape index (κ3) is 12.5. The van der Waals surface area contributed by atoms with E-state index < -0.39 is 10.1 Å². The Labute approximate surface area is 194 Å². The zero-order valence-electron chi connectivity index (χ0n) is 18.3. The first-order valence-corrected chi connectivity index (χ1v) is 12.2. The summed E-state index contributed by atoms with van der Waals surface area (Å²) in [5, 5.41) is 0. The van der Waals surface area contributed by atoms with Gasteiger partial charge in [-0.3, -0.25) is 0 Å². The van der Waals surface area contributed by atoms with E-state index in [2.05, 4.69) is 19.9 Å². The van der Waals surface area contributed by atoms with Gasteiger partial charge in [-0.05, 0) is 56.2 Å². The fourth-order valence-corrected chi connectivity index (χ4v) is 3.92. The van der Waals surface area contributed by atoms with E-state index in [1.54, 1.807) is 0 Å². The van der Waals surface area contributed by atoms with Crippen molar-refractivity contribution < 1.29 is 47.3 Å². The molecule has 0 bridgehead atoms. The topological polar surface area (TPSA) is 66.4 Å². The van der Waals surface area contributed by atoms with Crippen LogP contribution < -0.4 is 34.3 Å². The summed E-state index contributed by atoms with van der Waals surface area (Å²) in [5.41, 5.74) is 2.62. The molecule has 0 aliphatic carbocycles. The van der Waals surface area contributed by atoms with Crippen molar-refractivity contribution >= 4 is 10.1 Å². The molecule has 1 aromatic carbocycles. The molecule has 4 nitrogen and oxygen atoms in total. The number of ether oxygens (including phenoxy) is 1. The van der Waals surface area contributed by atoms with Crippen molar-refractivity contribution in [2.45, 2.75) is 97.5 Å². The summed E-state index contributed by atoms with van der Waals surface area (Å²) in [5.74, 6) is 0.478. The van der Waals surface area contributed by atoms with E-state index in [0.29, 0.717) is 0 Å². The van der Waals surface area contributed by atoms with E-state index in [0.717, 1.165) is 25.0 Å². The van der Waals surface area contributed by atoms with Crippen LogP contribution in [0.4, 0.5) is 0 Å².